The number of nitrogens with one attached hydrogen (secondary N) is 1. The van der Waals surface area contributed by atoms with E-state index in [1.165, 1.54) is 0 Å². The summed E-state index contributed by atoms with van der Waals surface area (Å²) in [7, 11) is 0. The highest BCUT2D eigenvalue weighted by molar-refractivity contribution is 6.68. The van der Waals surface area contributed by atoms with Crippen molar-refractivity contribution >= 4 is 40.9 Å². The molecule has 1 aliphatic heterocycles. The van der Waals surface area contributed by atoms with E-state index in [-0.39, 0.29) is 6.61 Å². The van der Waals surface area contributed by atoms with Crippen molar-refractivity contribution in [1.29, 1.82) is 0 Å². The van der Waals surface area contributed by atoms with Gasteiger partial charge in [-0.3, -0.25) is 4.90 Å². The largest absolute Gasteiger partial charge is 0.450 e. The molecule has 1 unspecified atom stereocenters. The number of nitrogens with zero attached hydrogens (tertiary/aromatic N) is 1. The van der Waals surface area contributed by atoms with Crippen LogP contribution in [0.15, 0.2) is 0 Å². The van der Waals surface area contributed by atoms with Crippen LogP contribution in [-0.4, -0.2) is 53.9 Å². The number of carbonyl (C=O) groups excluding carboxylic acids is 1. The maximum absolute atomic E-state index is 11.4. The Morgan fingerprint density at radius 3 is 2.53 bits per heavy atom. The van der Waals surface area contributed by atoms with Gasteiger partial charge in [-0.1, -0.05) is 34.8 Å². The smallest absolute Gasteiger partial charge is 0.408 e. The number of rotatable bonds is 3. The normalized spacial score (nSPS) is 19.8. The molecule has 0 radical (unpaired) electrons. The molecule has 1 aliphatic rings. The molecule has 0 aliphatic carbocycles. The summed E-state index contributed by atoms with van der Waals surface area (Å²) in [5.41, 5.74) is 0. The van der Waals surface area contributed by atoms with Crippen LogP contribution in [0.3, 0.4) is 0 Å². The molecule has 1 atom stereocenters. The summed E-state index contributed by atoms with van der Waals surface area (Å²) in [5.74, 6) is 0. The monoisotopic (exact) mass is 304 g/mol. The van der Waals surface area contributed by atoms with Gasteiger partial charge in [-0.05, 0) is 6.92 Å². The molecule has 1 heterocycles. The Bertz CT molecular complexity index is 254. The van der Waals surface area contributed by atoms with E-state index in [9.17, 15) is 4.79 Å². The molecule has 0 spiro atoms. The van der Waals surface area contributed by atoms with E-state index in [2.05, 4.69) is 5.32 Å². The van der Waals surface area contributed by atoms with E-state index in [1.807, 2.05) is 4.90 Å². The molecule has 0 aromatic carbocycles. The molecular formula is C9H15Cl3N2O3. The van der Waals surface area contributed by atoms with Gasteiger partial charge >= 0.3 is 6.09 Å². The van der Waals surface area contributed by atoms with Crippen molar-refractivity contribution in [2.45, 2.75) is 16.9 Å². The second kappa shape index (κ2) is 6.85. The summed E-state index contributed by atoms with van der Waals surface area (Å²) in [4.78, 5) is 13.2. The zero-order chi connectivity index (χ0) is 12.9. The van der Waals surface area contributed by atoms with Crippen molar-refractivity contribution in [3.63, 3.8) is 0 Å². The van der Waals surface area contributed by atoms with Crippen molar-refractivity contribution in [1.82, 2.24) is 10.2 Å². The lowest BCUT2D eigenvalue weighted by atomic mass is 10.3. The fourth-order valence-corrected chi connectivity index (χ4v) is 2.08. The van der Waals surface area contributed by atoms with E-state index in [0.717, 1.165) is 0 Å². The Morgan fingerprint density at radius 1 is 1.47 bits per heavy atom. The minimum atomic E-state index is -1.62. The first-order valence-electron chi connectivity index (χ1n) is 5.27. The highest BCUT2D eigenvalue weighted by atomic mass is 35.6. The molecule has 1 fully saturated rings. The van der Waals surface area contributed by atoms with Crippen molar-refractivity contribution in [3.05, 3.63) is 0 Å². The average Bonchev–Trinajstić information content (AvgIpc) is 2.26. The van der Waals surface area contributed by atoms with E-state index in [1.54, 1.807) is 6.92 Å². The summed E-state index contributed by atoms with van der Waals surface area (Å²) in [6.07, 6.45) is -1.33. The first-order chi connectivity index (χ1) is 7.95. The minimum absolute atomic E-state index is 0.265. The minimum Gasteiger partial charge on any atom is -0.450 e. The number of hydrogen-bond donors (Lipinski definition) is 1. The van der Waals surface area contributed by atoms with Crippen LogP contribution in [0.4, 0.5) is 4.79 Å². The first-order valence-corrected chi connectivity index (χ1v) is 6.40. The number of alkyl carbamates (subject to hydrolysis) is 1. The number of hydrogen-bond acceptors (Lipinski definition) is 4. The summed E-state index contributed by atoms with van der Waals surface area (Å²) >= 11 is 17.6. The van der Waals surface area contributed by atoms with Gasteiger partial charge in [0.2, 0.25) is 3.79 Å². The highest BCUT2D eigenvalue weighted by Crippen LogP contribution is 2.32. The maximum Gasteiger partial charge on any atom is 0.408 e. The Hall–Kier alpha value is 0.0600. The molecule has 1 rings (SSSR count). The maximum atomic E-state index is 11.4. The van der Waals surface area contributed by atoms with Gasteiger partial charge in [-0.2, -0.15) is 0 Å². The fourth-order valence-electron chi connectivity index (χ4n) is 1.50. The molecule has 0 bridgehead atoms. The summed E-state index contributed by atoms with van der Waals surface area (Å²) < 4.78 is 8.35. The molecule has 8 heteroatoms. The first kappa shape index (κ1) is 15.1. The summed E-state index contributed by atoms with van der Waals surface area (Å²) in [6.45, 7) is 4.24. The second-order valence-corrected chi connectivity index (χ2v) is 5.83. The van der Waals surface area contributed by atoms with E-state index in [0.29, 0.717) is 26.3 Å². The SMILES string of the molecule is CCOC(=O)NC(N1CCOCC1)C(Cl)(Cl)Cl. The lowest BCUT2D eigenvalue weighted by molar-refractivity contribution is 0.00918. The second-order valence-electron chi connectivity index (χ2n) is 3.46. The Balaban J connectivity index is 2.63. The zero-order valence-electron chi connectivity index (χ0n) is 9.42. The molecule has 0 saturated carbocycles. The van der Waals surface area contributed by atoms with Crippen LogP contribution < -0.4 is 5.32 Å². The molecule has 17 heavy (non-hydrogen) atoms. The van der Waals surface area contributed by atoms with E-state index in [4.69, 9.17) is 44.3 Å². The summed E-state index contributed by atoms with van der Waals surface area (Å²) in [5, 5.41) is 2.54. The van der Waals surface area contributed by atoms with Gasteiger partial charge in [0.1, 0.15) is 6.17 Å². The number of alkyl halides is 3. The Labute approximate surface area is 115 Å². The molecule has 1 amide bonds. The van der Waals surface area contributed by atoms with Crippen molar-refractivity contribution in [3.8, 4) is 0 Å². The molecule has 1 N–H and O–H groups in total. The lowest BCUT2D eigenvalue weighted by Crippen LogP contribution is -2.58. The number of carbonyl (C=O) groups is 1. The third kappa shape index (κ3) is 5.06. The highest BCUT2D eigenvalue weighted by Gasteiger charge is 2.39. The number of ether oxygens (including phenoxy) is 2. The topological polar surface area (TPSA) is 50.8 Å². The quantitative estimate of drug-likeness (QED) is 0.807. The van der Waals surface area contributed by atoms with Gasteiger partial charge in [0.25, 0.3) is 0 Å². The predicted molar refractivity (Wildman–Crippen MR) is 66.6 cm³/mol. The zero-order valence-corrected chi connectivity index (χ0v) is 11.7. The Morgan fingerprint density at radius 2 is 2.06 bits per heavy atom. The molecule has 100 valence electrons. The van der Waals surface area contributed by atoms with E-state index >= 15 is 0 Å². The molecule has 5 nitrogen and oxygen atoms in total. The van der Waals surface area contributed by atoms with Gasteiger partial charge in [-0.15, -0.1) is 0 Å². The molecule has 0 aromatic rings. The summed E-state index contributed by atoms with van der Waals surface area (Å²) in [6, 6.07) is 0. The number of halogens is 3. The lowest BCUT2D eigenvalue weighted by Gasteiger charge is -2.37. The van der Waals surface area contributed by atoms with Gasteiger partial charge in [-0.25, -0.2) is 4.79 Å². The number of amides is 1. The van der Waals surface area contributed by atoms with Crippen LogP contribution in [0.1, 0.15) is 6.92 Å². The van der Waals surface area contributed by atoms with Crippen LogP contribution >= 0.6 is 34.8 Å². The third-order valence-electron chi connectivity index (χ3n) is 2.25. The van der Waals surface area contributed by atoms with E-state index < -0.39 is 16.1 Å². The van der Waals surface area contributed by atoms with Crippen molar-refractivity contribution in [2.24, 2.45) is 0 Å². The van der Waals surface area contributed by atoms with Crippen LogP contribution in [0.2, 0.25) is 0 Å². The predicted octanol–water partition coefficient (Wildman–Crippen LogP) is 1.76. The average molecular weight is 306 g/mol. The van der Waals surface area contributed by atoms with Gasteiger partial charge < -0.3 is 14.8 Å². The van der Waals surface area contributed by atoms with Crippen molar-refractivity contribution < 1.29 is 14.3 Å². The van der Waals surface area contributed by atoms with Gasteiger partial charge in [0.15, 0.2) is 0 Å². The Kier molecular flexibility index (Phi) is 6.09. The third-order valence-corrected chi connectivity index (χ3v) is 2.87. The molecule has 0 aromatic heterocycles. The van der Waals surface area contributed by atoms with Crippen LogP contribution in [0.5, 0.6) is 0 Å². The molecule has 1 saturated heterocycles. The van der Waals surface area contributed by atoms with Crippen LogP contribution in [0.25, 0.3) is 0 Å². The fraction of sp³-hybridized carbons (Fsp3) is 0.889. The van der Waals surface area contributed by atoms with Gasteiger partial charge in [0, 0.05) is 13.1 Å². The number of morpholine rings is 1. The van der Waals surface area contributed by atoms with Crippen LogP contribution in [0, 0.1) is 0 Å². The van der Waals surface area contributed by atoms with Gasteiger partial charge in [0.05, 0.1) is 19.8 Å². The molecular weight excluding hydrogens is 290 g/mol. The van der Waals surface area contributed by atoms with Crippen LogP contribution in [-0.2, 0) is 9.47 Å². The standard InChI is InChI=1S/C9H15Cl3N2O3/c1-2-17-8(15)13-7(9(10,11)12)14-3-5-16-6-4-14/h7H,2-6H2,1H3,(H,13,15). The van der Waals surface area contributed by atoms with Crippen molar-refractivity contribution in [2.75, 3.05) is 32.9 Å².